The van der Waals surface area contributed by atoms with Crippen LogP contribution in [0.1, 0.15) is 66.2 Å². The monoisotopic (exact) mass is 249 g/mol. The van der Waals surface area contributed by atoms with Crippen molar-refractivity contribution < 1.29 is 0 Å². The van der Waals surface area contributed by atoms with Gasteiger partial charge in [-0.05, 0) is 63.2 Å². The van der Waals surface area contributed by atoms with Crippen molar-refractivity contribution in [1.82, 2.24) is 0 Å². The molecule has 0 spiro atoms. The summed E-state index contributed by atoms with van der Waals surface area (Å²) in [6, 6.07) is 0. The lowest BCUT2D eigenvalue weighted by Gasteiger charge is -2.35. The van der Waals surface area contributed by atoms with Crippen molar-refractivity contribution in [3.63, 3.8) is 0 Å². The van der Waals surface area contributed by atoms with E-state index in [0.717, 1.165) is 11.8 Å². The van der Waals surface area contributed by atoms with E-state index in [1.807, 2.05) is 7.05 Å². The highest BCUT2D eigenvalue weighted by Gasteiger charge is 2.35. The Kier molecular flexibility index (Phi) is 6.11. The molecule has 3 unspecified atom stereocenters. The maximum atomic E-state index is 4.42. The van der Waals surface area contributed by atoms with Crippen LogP contribution in [0, 0.1) is 17.3 Å². The number of hydrogen-bond donors (Lipinski definition) is 0. The lowest BCUT2D eigenvalue weighted by Crippen LogP contribution is -2.25. The van der Waals surface area contributed by atoms with Gasteiger partial charge in [0.25, 0.3) is 0 Å². The van der Waals surface area contributed by atoms with Crippen molar-refractivity contribution in [3.8, 4) is 0 Å². The Balaban J connectivity index is 2.79. The summed E-state index contributed by atoms with van der Waals surface area (Å²) < 4.78 is 0. The second-order valence-corrected chi connectivity index (χ2v) is 6.21. The molecule has 1 fully saturated rings. The summed E-state index contributed by atoms with van der Waals surface area (Å²) in [7, 11) is 1.94. The molecule has 0 aromatic heterocycles. The number of aliphatic imine (C=N–C) groups is 1. The molecule has 0 aromatic carbocycles. The summed E-state index contributed by atoms with van der Waals surface area (Å²) in [6.45, 7) is 9.21. The van der Waals surface area contributed by atoms with Crippen LogP contribution in [0.2, 0.25) is 0 Å². The second kappa shape index (κ2) is 7.11. The first kappa shape index (κ1) is 15.5. The number of hydrogen-bond acceptors (Lipinski definition) is 1. The van der Waals surface area contributed by atoms with E-state index in [2.05, 4.69) is 44.8 Å². The van der Waals surface area contributed by atoms with E-state index >= 15 is 0 Å². The van der Waals surface area contributed by atoms with Crippen LogP contribution in [0.4, 0.5) is 0 Å². The largest absolute Gasteiger partial charge is 0.297 e. The molecule has 0 aromatic rings. The molecule has 0 bridgehead atoms. The Labute approximate surface area is 114 Å². The van der Waals surface area contributed by atoms with Crippen LogP contribution >= 0.6 is 0 Å². The van der Waals surface area contributed by atoms with Gasteiger partial charge < -0.3 is 0 Å². The minimum Gasteiger partial charge on any atom is -0.297 e. The lowest BCUT2D eigenvalue weighted by molar-refractivity contribution is 0.167. The zero-order valence-corrected chi connectivity index (χ0v) is 13.0. The van der Waals surface area contributed by atoms with Crippen LogP contribution in [0.3, 0.4) is 0 Å². The fourth-order valence-corrected chi connectivity index (χ4v) is 3.56. The van der Waals surface area contributed by atoms with Crippen LogP contribution in [0.5, 0.6) is 0 Å². The molecule has 0 heterocycles. The van der Waals surface area contributed by atoms with Gasteiger partial charge in [0, 0.05) is 12.8 Å². The highest BCUT2D eigenvalue weighted by atomic mass is 14.7. The third kappa shape index (κ3) is 3.70. The zero-order chi connectivity index (χ0) is 13.6. The molecule has 1 nitrogen and oxygen atoms in total. The number of allylic oxidation sites excluding steroid dienone is 2. The van der Waals surface area contributed by atoms with E-state index in [1.54, 1.807) is 0 Å². The van der Waals surface area contributed by atoms with Gasteiger partial charge >= 0.3 is 0 Å². The summed E-state index contributed by atoms with van der Waals surface area (Å²) in [5.74, 6) is 1.61. The SMILES string of the molecule is CC=CCC1(C)CCC(C(C)=NC)CCC1CC. The van der Waals surface area contributed by atoms with Gasteiger partial charge in [-0.15, -0.1) is 0 Å². The summed E-state index contributed by atoms with van der Waals surface area (Å²) in [4.78, 5) is 4.42. The molecule has 1 heteroatoms. The minimum absolute atomic E-state index is 0.504. The molecule has 0 saturated heterocycles. The van der Waals surface area contributed by atoms with E-state index in [0.29, 0.717) is 5.41 Å². The average molecular weight is 249 g/mol. The van der Waals surface area contributed by atoms with Crippen molar-refractivity contribution >= 4 is 5.71 Å². The Bertz CT molecular complexity index is 303. The predicted molar refractivity (Wildman–Crippen MR) is 82.3 cm³/mol. The first-order chi connectivity index (χ1) is 8.57. The number of nitrogens with zero attached hydrogens (tertiary/aromatic N) is 1. The molecule has 1 aliphatic rings. The fourth-order valence-electron chi connectivity index (χ4n) is 3.56. The number of rotatable bonds is 4. The molecule has 18 heavy (non-hydrogen) atoms. The maximum absolute atomic E-state index is 4.42. The average Bonchev–Trinajstić information content (AvgIpc) is 2.55. The standard InChI is InChI=1S/C17H31N/c1-6-8-12-17(4)13-11-15(14(3)18-5)9-10-16(17)7-2/h6,8,15-16H,7,9-13H2,1-5H3. The van der Waals surface area contributed by atoms with Crippen LogP contribution in [0.15, 0.2) is 17.1 Å². The quantitative estimate of drug-likeness (QED) is 0.366. The van der Waals surface area contributed by atoms with Gasteiger partial charge in [0.05, 0.1) is 0 Å². The molecule has 0 radical (unpaired) electrons. The molecule has 1 rings (SSSR count). The second-order valence-electron chi connectivity index (χ2n) is 6.21. The van der Waals surface area contributed by atoms with Crippen molar-refractivity contribution in [3.05, 3.63) is 12.2 Å². The van der Waals surface area contributed by atoms with E-state index in [1.165, 1.54) is 44.2 Å². The zero-order valence-electron chi connectivity index (χ0n) is 13.0. The van der Waals surface area contributed by atoms with Gasteiger partial charge in [-0.25, -0.2) is 0 Å². The maximum Gasteiger partial charge on any atom is 0.0276 e. The summed E-state index contributed by atoms with van der Waals surface area (Å²) in [6.07, 6.45) is 12.5. The van der Waals surface area contributed by atoms with E-state index in [-0.39, 0.29) is 0 Å². The molecule has 0 amide bonds. The van der Waals surface area contributed by atoms with Crippen LogP contribution in [0.25, 0.3) is 0 Å². The molecule has 0 aliphatic heterocycles. The lowest BCUT2D eigenvalue weighted by atomic mass is 9.70. The highest BCUT2D eigenvalue weighted by molar-refractivity contribution is 5.84. The molecule has 0 N–H and O–H groups in total. The van der Waals surface area contributed by atoms with Gasteiger partial charge in [-0.1, -0.05) is 32.4 Å². The topological polar surface area (TPSA) is 12.4 Å². The van der Waals surface area contributed by atoms with Gasteiger partial charge in [0.1, 0.15) is 0 Å². The third-order valence-electron chi connectivity index (χ3n) is 5.17. The van der Waals surface area contributed by atoms with E-state index in [9.17, 15) is 0 Å². The van der Waals surface area contributed by atoms with E-state index < -0.39 is 0 Å². The van der Waals surface area contributed by atoms with Crippen molar-refractivity contribution in [2.45, 2.75) is 66.2 Å². The molecule has 1 saturated carbocycles. The van der Waals surface area contributed by atoms with Gasteiger partial charge in [-0.2, -0.15) is 0 Å². The van der Waals surface area contributed by atoms with Crippen molar-refractivity contribution in [2.24, 2.45) is 22.2 Å². The summed E-state index contributed by atoms with van der Waals surface area (Å²) >= 11 is 0. The Morgan fingerprint density at radius 3 is 2.61 bits per heavy atom. The van der Waals surface area contributed by atoms with Crippen LogP contribution in [-0.2, 0) is 0 Å². The Morgan fingerprint density at radius 1 is 1.33 bits per heavy atom. The first-order valence-electron chi connectivity index (χ1n) is 7.61. The molecule has 3 atom stereocenters. The van der Waals surface area contributed by atoms with Gasteiger partial charge in [-0.3, -0.25) is 4.99 Å². The Morgan fingerprint density at radius 2 is 2.06 bits per heavy atom. The molecular formula is C17H31N. The molecule has 1 aliphatic carbocycles. The summed E-state index contributed by atoms with van der Waals surface area (Å²) in [5.41, 5.74) is 1.87. The molecule has 104 valence electrons. The predicted octanol–water partition coefficient (Wildman–Crippen LogP) is 5.27. The van der Waals surface area contributed by atoms with Gasteiger partial charge in [0.15, 0.2) is 0 Å². The third-order valence-corrected chi connectivity index (χ3v) is 5.17. The summed E-state index contributed by atoms with van der Waals surface area (Å²) in [5, 5.41) is 0. The smallest absolute Gasteiger partial charge is 0.0276 e. The molecular weight excluding hydrogens is 218 g/mol. The normalized spacial score (nSPS) is 34.8. The van der Waals surface area contributed by atoms with E-state index in [4.69, 9.17) is 0 Å². The van der Waals surface area contributed by atoms with Crippen molar-refractivity contribution in [2.75, 3.05) is 7.05 Å². The Hall–Kier alpha value is -0.590. The van der Waals surface area contributed by atoms with Crippen molar-refractivity contribution in [1.29, 1.82) is 0 Å². The van der Waals surface area contributed by atoms with Gasteiger partial charge in [0.2, 0.25) is 0 Å². The minimum atomic E-state index is 0.504. The van der Waals surface area contributed by atoms with Crippen LogP contribution < -0.4 is 0 Å². The highest BCUT2D eigenvalue weighted by Crippen LogP contribution is 2.45. The van der Waals surface area contributed by atoms with Crippen LogP contribution in [-0.4, -0.2) is 12.8 Å². The first-order valence-corrected chi connectivity index (χ1v) is 7.61. The fraction of sp³-hybridized carbons (Fsp3) is 0.824.